The van der Waals surface area contributed by atoms with E-state index in [1.165, 1.54) is 18.3 Å². The number of nitrogens with one attached hydrogen (secondary N) is 1. The van der Waals surface area contributed by atoms with Crippen molar-refractivity contribution in [3.63, 3.8) is 0 Å². The lowest BCUT2D eigenvalue weighted by Crippen LogP contribution is -2.30. The molecule has 1 saturated carbocycles. The molecule has 1 spiro atoms. The molecule has 1 aliphatic carbocycles. The van der Waals surface area contributed by atoms with E-state index >= 15 is 0 Å². The molecule has 1 N–H and O–H groups in total. The lowest BCUT2D eigenvalue weighted by atomic mass is 10.00. The number of pyridine rings is 1. The number of nitro groups is 1. The normalized spacial score (nSPS) is 19.3. The van der Waals surface area contributed by atoms with Gasteiger partial charge in [0.2, 0.25) is 0 Å². The van der Waals surface area contributed by atoms with Crippen LogP contribution < -0.4 is 5.32 Å². The van der Waals surface area contributed by atoms with Crippen molar-refractivity contribution in [2.24, 2.45) is 5.41 Å². The zero-order chi connectivity index (χ0) is 23.9. The van der Waals surface area contributed by atoms with Gasteiger partial charge in [-0.25, -0.2) is 17.4 Å². The smallest absolute Gasteiger partial charge is 0.311 e. The number of benzene rings is 1. The Morgan fingerprint density at radius 2 is 2.03 bits per heavy atom. The van der Waals surface area contributed by atoms with Crippen molar-refractivity contribution in [3.05, 3.63) is 58.9 Å². The highest BCUT2D eigenvalue weighted by atomic mass is 32.2. The van der Waals surface area contributed by atoms with Crippen LogP contribution in [0.5, 0.6) is 0 Å². The number of hydrogen-bond acceptors (Lipinski definition) is 8. The molecule has 1 atom stereocenters. The van der Waals surface area contributed by atoms with Crippen molar-refractivity contribution >= 4 is 32.4 Å². The lowest BCUT2D eigenvalue weighted by molar-refractivity contribution is -0.384. The van der Waals surface area contributed by atoms with E-state index in [1.54, 1.807) is 24.3 Å². The average molecular weight is 481 g/mol. The number of hydrogen-bond donors (Lipinski definition) is 1. The van der Waals surface area contributed by atoms with Gasteiger partial charge in [-0.05, 0) is 44.0 Å². The van der Waals surface area contributed by atoms with Gasteiger partial charge >= 0.3 is 5.69 Å². The Morgan fingerprint density at radius 1 is 1.26 bits per heavy atom. The minimum absolute atomic E-state index is 0.00651. The third-order valence-corrected chi connectivity index (χ3v) is 8.53. The highest BCUT2D eigenvalue weighted by Gasteiger charge is 2.55. The van der Waals surface area contributed by atoms with Crippen LogP contribution in [0.2, 0.25) is 0 Å². The minimum Gasteiger partial charge on any atom is -0.374 e. The fourth-order valence-corrected chi connectivity index (χ4v) is 6.23. The Kier molecular flexibility index (Phi) is 5.50. The SMILES string of the molecule is N#CCCCN1CC(Nc2c([N+](=O)[O-])cnc3c2ccn3S(=O)(=O)c2ccccc2)C2(CC2)C1. The first-order valence-electron chi connectivity index (χ1n) is 11.2. The first kappa shape index (κ1) is 22.3. The zero-order valence-electron chi connectivity index (χ0n) is 18.4. The summed E-state index contributed by atoms with van der Waals surface area (Å²) in [7, 11) is -3.91. The van der Waals surface area contributed by atoms with Crippen molar-refractivity contribution in [1.82, 2.24) is 13.9 Å². The number of likely N-dealkylation sites (tertiary alicyclic amines) is 1. The van der Waals surface area contributed by atoms with Gasteiger partial charge in [0.15, 0.2) is 5.65 Å². The van der Waals surface area contributed by atoms with E-state index < -0.39 is 14.9 Å². The molecular formula is C23H24N6O4S. The summed E-state index contributed by atoms with van der Waals surface area (Å²) in [6, 6.07) is 11.7. The predicted octanol–water partition coefficient (Wildman–Crippen LogP) is 3.36. The Balaban J connectivity index is 1.52. The number of aromatic nitrogens is 2. The van der Waals surface area contributed by atoms with Crippen LogP contribution in [0.25, 0.3) is 11.0 Å². The molecule has 0 bridgehead atoms. The van der Waals surface area contributed by atoms with E-state index in [9.17, 15) is 18.5 Å². The van der Waals surface area contributed by atoms with E-state index in [1.807, 2.05) is 0 Å². The minimum atomic E-state index is -3.91. The summed E-state index contributed by atoms with van der Waals surface area (Å²) in [5, 5.41) is 24.5. The summed E-state index contributed by atoms with van der Waals surface area (Å²) in [4.78, 5) is 17.9. The van der Waals surface area contributed by atoms with Crippen molar-refractivity contribution in [2.75, 3.05) is 25.0 Å². The van der Waals surface area contributed by atoms with Crippen LogP contribution >= 0.6 is 0 Å². The molecule has 3 heterocycles. The molecule has 1 saturated heterocycles. The van der Waals surface area contributed by atoms with E-state index in [2.05, 4.69) is 21.3 Å². The molecule has 2 aromatic heterocycles. The first-order chi connectivity index (χ1) is 16.4. The number of unbranched alkanes of at least 4 members (excludes halogenated alkanes) is 1. The number of nitriles is 1. The Bertz CT molecular complexity index is 1390. The van der Waals surface area contributed by atoms with Gasteiger partial charge in [-0.2, -0.15) is 5.26 Å². The van der Waals surface area contributed by atoms with Crippen LogP contribution in [-0.2, 0) is 10.0 Å². The zero-order valence-corrected chi connectivity index (χ0v) is 19.2. The third-order valence-electron chi connectivity index (χ3n) is 6.85. The van der Waals surface area contributed by atoms with Crippen molar-refractivity contribution in [3.8, 4) is 6.07 Å². The monoisotopic (exact) mass is 480 g/mol. The summed E-state index contributed by atoms with van der Waals surface area (Å²) in [6.45, 7) is 2.42. The average Bonchev–Trinajstić information content (AvgIpc) is 3.32. The second kappa shape index (κ2) is 8.38. The quantitative estimate of drug-likeness (QED) is 0.295. The van der Waals surface area contributed by atoms with Gasteiger partial charge in [0.05, 0.1) is 21.3 Å². The van der Waals surface area contributed by atoms with E-state index in [4.69, 9.17) is 5.26 Å². The maximum Gasteiger partial charge on any atom is 0.311 e. The highest BCUT2D eigenvalue weighted by Crippen LogP contribution is 2.54. The molecule has 0 radical (unpaired) electrons. The van der Waals surface area contributed by atoms with Gasteiger partial charge < -0.3 is 10.2 Å². The molecule has 3 aromatic rings. The molecule has 2 aliphatic rings. The maximum absolute atomic E-state index is 13.2. The number of anilines is 1. The Hall–Kier alpha value is -3.49. The van der Waals surface area contributed by atoms with Crippen LogP contribution in [0.1, 0.15) is 25.7 Å². The standard InChI is InChI=1S/C23H24N6O4S/c24-11-4-5-12-27-15-20(23(16-27)9-10-23)26-21-18-8-13-28(22(18)25-14-19(21)29(30)31)34(32,33)17-6-2-1-3-7-17/h1-3,6-8,13-14,20H,4-5,9-10,12,15-16H2,(H,25,26). The largest absolute Gasteiger partial charge is 0.374 e. The van der Waals surface area contributed by atoms with Gasteiger partial charge in [0.1, 0.15) is 11.9 Å². The number of rotatable bonds is 8. The predicted molar refractivity (Wildman–Crippen MR) is 126 cm³/mol. The summed E-state index contributed by atoms with van der Waals surface area (Å²) >= 11 is 0. The fraction of sp³-hybridized carbons (Fsp3) is 0.391. The second-order valence-electron chi connectivity index (χ2n) is 9.00. The Labute approximate surface area is 197 Å². The summed E-state index contributed by atoms with van der Waals surface area (Å²) < 4.78 is 27.5. The van der Waals surface area contributed by atoms with Crippen LogP contribution in [0.15, 0.2) is 53.7 Å². The van der Waals surface area contributed by atoms with E-state index in [0.29, 0.717) is 17.5 Å². The van der Waals surface area contributed by atoms with E-state index in [-0.39, 0.29) is 27.7 Å². The molecule has 0 amide bonds. The summed E-state index contributed by atoms with van der Waals surface area (Å²) in [5.41, 5.74) is 0.313. The molecule has 10 nitrogen and oxygen atoms in total. The highest BCUT2D eigenvalue weighted by molar-refractivity contribution is 7.90. The Morgan fingerprint density at radius 3 is 2.71 bits per heavy atom. The third kappa shape index (κ3) is 3.78. The molecule has 11 heteroatoms. The van der Waals surface area contributed by atoms with Crippen molar-refractivity contribution < 1.29 is 13.3 Å². The van der Waals surface area contributed by atoms with Crippen molar-refractivity contribution in [1.29, 1.82) is 5.26 Å². The van der Waals surface area contributed by atoms with Gasteiger partial charge in [0.25, 0.3) is 10.0 Å². The topological polar surface area (TPSA) is 134 Å². The molecule has 5 rings (SSSR count). The van der Waals surface area contributed by atoms with Gasteiger partial charge in [0, 0.05) is 37.2 Å². The molecule has 1 aromatic carbocycles. The molecule has 1 aliphatic heterocycles. The van der Waals surface area contributed by atoms with E-state index in [0.717, 1.165) is 49.1 Å². The lowest BCUT2D eigenvalue weighted by Gasteiger charge is -2.20. The van der Waals surface area contributed by atoms with Crippen LogP contribution in [-0.4, -0.2) is 52.9 Å². The first-order valence-corrected chi connectivity index (χ1v) is 12.6. The van der Waals surface area contributed by atoms with Crippen LogP contribution in [0.4, 0.5) is 11.4 Å². The molecule has 34 heavy (non-hydrogen) atoms. The fourth-order valence-electron chi connectivity index (χ4n) is 4.91. The van der Waals surface area contributed by atoms with Gasteiger partial charge in [-0.15, -0.1) is 0 Å². The van der Waals surface area contributed by atoms with Gasteiger partial charge in [-0.1, -0.05) is 18.2 Å². The maximum atomic E-state index is 13.2. The van der Waals surface area contributed by atoms with Crippen molar-refractivity contribution in [2.45, 2.75) is 36.6 Å². The second-order valence-corrected chi connectivity index (χ2v) is 10.8. The number of fused-ring (bicyclic) bond motifs is 1. The summed E-state index contributed by atoms with van der Waals surface area (Å²) in [6.07, 6.45) is 5.88. The molecule has 2 fully saturated rings. The van der Waals surface area contributed by atoms with Gasteiger partial charge in [-0.3, -0.25) is 10.1 Å². The molecule has 176 valence electrons. The summed E-state index contributed by atoms with van der Waals surface area (Å²) in [5.74, 6) is 0. The number of nitrogens with zero attached hydrogens (tertiary/aromatic N) is 5. The molecule has 1 unspecified atom stereocenters. The van der Waals surface area contributed by atoms with Crippen LogP contribution in [0.3, 0.4) is 0 Å². The molecular weight excluding hydrogens is 456 g/mol. The van der Waals surface area contributed by atoms with Crippen LogP contribution in [0, 0.1) is 26.9 Å².